The fourth-order valence-electron chi connectivity index (χ4n) is 3.49. The van der Waals surface area contributed by atoms with Crippen molar-refractivity contribution in [2.45, 2.75) is 39.5 Å². The molecule has 0 aliphatic heterocycles. The standard InChI is InChI=1S/C26H30N2O/c1-17(2)23-12-9-13-24(18(3)4)25(23)28-26(27)21-14-20(15-22(16-21)29-5)19-10-7-6-8-11-19/h6-18H,1-5H3,(H2,27,28). The van der Waals surface area contributed by atoms with Crippen LogP contribution in [-0.4, -0.2) is 12.9 Å². The Hall–Kier alpha value is -3.07. The third kappa shape index (κ3) is 4.68. The largest absolute Gasteiger partial charge is 0.497 e. The van der Waals surface area contributed by atoms with E-state index in [4.69, 9.17) is 15.5 Å². The molecule has 2 N–H and O–H groups in total. The monoisotopic (exact) mass is 386 g/mol. The number of rotatable bonds is 6. The van der Waals surface area contributed by atoms with Crippen LogP contribution in [0.4, 0.5) is 5.69 Å². The Balaban J connectivity index is 2.14. The van der Waals surface area contributed by atoms with E-state index < -0.39 is 0 Å². The third-order valence-electron chi connectivity index (χ3n) is 5.12. The van der Waals surface area contributed by atoms with Crippen LogP contribution in [0.25, 0.3) is 11.1 Å². The van der Waals surface area contributed by atoms with Crippen LogP contribution in [-0.2, 0) is 0 Å². The van der Waals surface area contributed by atoms with E-state index in [1.807, 2.05) is 30.3 Å². The lowest BCUT2D eigenvalue weighted by atomic mass is 9.93. The van der Waals surface area contributed by atoms with Gasteiger partial charge in [0.25, 0.3) is 0 Å². The minimum absolute atomic E-state index is 0.366. The van der Waals surface area contributed by atoms with Crippen molar-refractivity contribution in [2.75, 3.05) is 7.11 Å². The summed E-state index contributed by atoms with van der Waals surface area (Å²) in [6.45, 7) is 8.75. The normalized spacial score (nSPS) is 11.9. The van der Waals surface area contributed by atoms with Crippen LogP contribution >= 0.6 is 0 Å². The minimum Gasteiger partial charge on any atom is -0.497 e. The van der Waals surface area contributed by atoms with E-state index in [-0.39, 0.29) is 0 Å². The minimum atomic E-state index is 0.366. The SMILES string of the molecule is COc1cc(C(N)=Nc2c(C(C)C)cccc2C(C)C)cc(-c2ccccc2)c1. The third-order valence-corrected chi connectivity index (χ3v) is 5.12. The maximum Gasteiger partial charge on any atom is 0.131 e. The summed E-state index contributed by atoms with van der Waals surface area (Å²) in [6.07, 6.45) is 0. The molecule has 0 heterocycles. The molecule has 0 fully saturated rings. The molecule has 0 amide bonds. The van der Waals surface area contributed by atoms with Gasteiger partial charge in [-0.15, -0.1) is 0 Å². The number of aliphatic imine (C=N–C) groups is 1. The van der Waals surface area contributed by atoms with Crippen molar-refractivity contribution in [3.63, 3.8) is 0 Å². The second-order valence-electron chi connectivity index (χ2n) is 7.91. The highest BCUT2D eigenvalue weighted by atomic mass is 16.5. The highest BCUT2D eigenvalue weighted by Crippen LogP contribution is 2.35. The number of para-hydroxylation sites is 1. The van der Waals surface area contributed by atoms with Crippen molar-refractivity contribution in [1.82, 2.24) is 0 Å². The molecule has 3 heteroatoms. The predicted octanol–water partition coefficient (Wildman–Crippen LogP) is 6.65. The van der Waals surface area contributed by atoms with Gasteiger partial charge in [-0.25, -0.2) is 4.99 Å². The summed E-state index contributed by atoms with van der Waals surface area (Å²) < 4.78 is 5.53. The van der Waals surface area contributed by atoms with Crippen molar-refractivity contribution in [1.29, 1.82) is 0 Å². The van der Waals surface area contributed by atoms with Crippen molar-refractivity contribution in [2.24, 2.45) is 10.7 Å². The Labute approximate surface area is 174 Å². The summed E-state index contributed by atoms with van der Waals surface area (Å²) in [7, 11) is 1.67. The Morgan fingerprint density at radius 2 is 1.41 bits per heavy atom. The first-order chi connectivity index (χ1) is 13.9. The van der Waals surface area contributed by atoms with E-state index >= 15 is 0 Å². The lowest BCUT2D eigenvalue weighted by Crippen LogP contribution is -2.14. The van der Waals surface area contributed by atoms with E-state index in [2.05, 4.69) is 64.1 Å². The topological polar surface area (TPSA) is 47.6 Å². The summed E-state index contributed by atoms with van der Waals surface area (Å²) in [6, 6.07) is 22.7. The summed E-state index contributed by atoms with van der Waals surface area (Å²) in [5, 5.41) is 0. The molecule has 0 saturated heterocycles. The number of nitrogens with zero attached hydrogens (tertiary/aromatic N) is 1. The molecule has 0 saturated carbocycles. The summed E-state index contributed by atoms with van der Waals surface area (Å²) in [5.74, 6) is 1.99. The number of hydrogen-bond acceptors (Lipinski definition) is 2. The van der Waals surface area contributed by atoms with Crippen LogP contribution in [0.3, 0.4) is 0 Å². The van der Waals surface area contributed by atoms with Gasteiger partial charge in [0.15, 0.2) is 0 Å². The molecule has 3 rings (SSSR count). The first kappa shape index (κ1) is 20.7. The first-order valence-corrected chi connectivity index (χ1v) is 10.1. The zero-order valence-electron chi connectivity index (χ0n) is 17.9. The van der Waals surface area contributed by atoms with Gasteiger partial charge in [-0.2, -0.15) is 0 Å². The maximum absolute atomic E-state index is 6.53. The van der Waals surface area contributed by atoms with Gasteiger partial charge in [0.2, 0.25) is 0 Å². The van der Waals surface area contributed by atoms with Crippen molar-refractivity contribution < 1.29 is 4.74 Å². The van der Waals surface area contributed by atoms with Crippen LogP contribution in [0.2, 0.25) is 0 Å². The van der Waals surface area contributed by atoms with Gasteiger partial charge in [0.05, 0.1) is 12.8 Å². The number of methoxy groups -OCH3 is 1. The van der Waals surface area contributed by atoms with Crippen LogP contribution in [0, 0.1) is 0 Å². The average Bonchev–Trinajstić information content (AvgIpc) is 2.73. The molecule has 0 spiro atoms. The Morgan fingerprint density at radius 3 is 1.97 bits per heavy atom. The predicted molar refractivity (Wildman–Crippen MR) is 123 cm³/mol. The average molecular weight is 387 g/mol. The summed E-state index contributed by atoms with van der Waals surface area (Å²) in [5.41, 5.74) is 13.0. The highest BCUT2D eigenvalue weighted by molar-refractivity contribution is 6.01. The van der Waals surface area contributed by atoms with Gasteiger partial charge < -0.3 is 10.5 Å². The van der Waals surface area contributed by atoms with Gasteiger partial charge in [-0.05, 0) is 52.3 Å². The molecule has 0 atom stereocenters. The zero-order valence-corrected chi connectivity index (χ0v) is 17.9. The fraction of sp³-hybridized carbons (Fsp3) is 0.269. The van der Waals surface area contributed by atoms with Gasteiger partial charge in [-0.3, -0.25) is 0 Å². The van der Waals surface area contributed by atoms with E-state index in [0.29, 0.717) is 17.7 Å². The van der Waals surface area contributed by atoms with Crippen molar-refractivity contribution >= 4 is 11.5 Å². The lowest BCUT2D eigenvalue weighted by molar-refractivity contribution is 0.415. The van der Waals surface area contributed by atoms with Crippen LogP contribution in [0.5, 0.6) is 5.75 Å². The Morgan fingerprint density at radius 1 is 0.793 bits per heavy atom. The summed E-state index contributed by atoms with van der Waals surface area (Å²) >= 11 is 0. The van der Waals surface area contributed by atoms with Crippen molar-refractivity contribution in [3.8, 4) is 16.9 Å². The lowest BCUT2D eigenvalue weighted by Gasteiger charge is -2.17. The Bertz CT molecular complexity index is 978. The number of benzene rings is 3. The smallest absolute Gasteiger partial charge is 0.131 e. The number of ether oxygens (including phenoxy) is 1. The second-order valence-corrected chi connectivity index (χ2v) is 7.91. The highest BCUT2D eigenvalue weighted by Gasteiger charge is 2.15. The van der Waals surface area contributed by atoms with Gasteiger partial charge in [0.1, 0.15) is 11.6 Å². The van der Waals surface area contributed by atoms with Gasteiger partial charge in [0, 0.05) is 5.56 Å². The molecule has 0 aromatic heterocycles. The quantitative estimate of drug-likeness (QED) is 0.381. The molecule has 150 valence electrons. The van der Waals surface area contributed by atoms with Gasteiger partial charge >= 0.3 is 0 Å². The molecule has 3 aromatic rings. The maximum atomic E-state index is 6.53. The summed E-state index contributed by atoms with van der Waals surface area (Å²) in [4.78, 5) is 4.92. The molecule has 0 aliphatic carbocycles. The molecular formula is C26H30N2O. The fourth-order valence-corrected chi connectivity index (χ4v) is 3.49. The number of nitrogens with two attached hydrogens (primary N) is 1. The molecule has 3 nitrogen and oxygen atoms in total. The van der Waals surface area contributed by atoms with Gasteiger partial charge in [-0.1, -0.05) is 76.2 Å². The van der Waals surface area contributed by atoms with Crippen LogP contribution < -0.4 is 10.5 Å². The molecular weight excluding hydrogens is 356 g/mol. The van der Waals surface area contributed by atoms with E-state index in [0.717, 1.165) is 28.1 Å². The van der Waals surface area contributed by atoms with E-state index in [9.17, 15) is 0 Å². The molecule has 0 unspecified atom stereocenters. The first-order valence-electron chi connectivity index (χ1n) is 10.1. The van der Waals surface area contributed by atoms with E-state index in [1.165, 1.54) is 11.1 Å². The molecule has 0 radical (unpaired) electrons. The second kappa shape index (κ2) is 8.95. The van der Waals surface area contributed by atoms with Crippen molar-refractivity contribution in [3.05, 3.63) is 83.4 Å². The van der Waals surface area contributed by atoms with Crippen LogP contribution in [0.15, 0.2) is 71.7 Å². The number of amidine groups is 1. The zero-order chi connectivity index (χ0) is 21.0. The Kier molecular flexibility index (Phi) is 6.38. The molecule has 3 aromatic carbocycles. The van der Waals surface area contributed by atoms with Crippen LogP contribution in [0.1, 0.15) is 56.2 Å². The number of hydrogen-bond donors (Lipinski definition) is 1. The van der Waals surface area contributed by atoms with E-state index in [1.54, 1.807) is 7.11 Å². The molecule has 29 heavy (non-hydrogen) atoms. The molecule has 0 aliphatic rings. The molecule has 0 bridgehead atoms.